The van der Waals surface area contributed by atoms with Crippen molar-refractivity contribution in [1.82, 2.24) is 15.1 Å². The van der Waals surface area contributed by atoms with Crippen LogP contribution in [0.3, 0.4) is 0 Å². The van der Waals surface area contributed by atoms with Gasteiger partial charge in [0.15, 0.2) is 6.10 Å². The van der Waals surface area contributed by atoms with Gasteiger partial charge < -0.3 is 10.1 Å². The first-order chi connectivity index (χ1) is 15.7. The van der Waals surface area contributed by atoms with Gasteiger partial charge in [-0.3, -0.25) is 14.5 Å². The van der Waals surface area contributed by atoms with Crippen molar-refractivity contribution in [3.8, 4) is 22.0 Å². The minimum absolute atomic E-state index is 0.101. The van der Waals surface area contributed by atoms with Gasteiger partial charge >= 0.3 is 0 Å². The fourth-order valence-corrected chi connectivity index (χ4v) is 4.39. The Hall–Kier alpha value is -3.91. The molecule has 1 N–H and O–H groups in total. The fourth-order valence-electron chi connectivity index (χ4n) is 3.71. The van der Waals surface area contributed by atoms with Crippen molar-refractivity contribution in [1.29, 1.82) is 0 Å². The molecule has 0 fully saturated rings. The summed E-state index contributed by atoms with van der Waals surface area (Å²) in [5, 5.41) is 9.32. The number of aromatic nitrogens is 2. The van der Waals surface area contributed by atoms with Crippen molar-refractivity contribution >= 4 is 28.8 Å². The lowest BCUT2D eigenvalue weighted by atomic mass is 10.1. The van der Waals surface area contributed by atoms with Crippen molar-refractivity contribution in [3.05, 3.63) is 83.9 Å². The van der Waals surface area contributed by atoms with Gasteiger partial charge in [-0.15, -0.1) is 11.3 Å². The molecule has 8 heteroatoms. The van der Waals surface area contributed by atoms with Crippen LogP contribution in [0.15, 0.2) is 78.2 Å². The zero-order valence-corrected chi connectivity index (χ0v) is 18.1. The summed E-state index contributed by atoms with van der Waals surface area (Å²) in [5.41, 5.74) is 2.53. The van der Waals surface area contributed by atoms with E-state index in [1.54, 1.807) is 40.1 Å². The van der Waals surface area contributed by atoms with Crippen LogP contribution in [0.1, 0.15) is 10.5 Å². The number of carbonyl (C=O) groups is 2. The van der Waals surface area contributed by atoms with Crippen molar-refractivity contribution in [3.63, 3.8) is 0 Å². The average Bonchev–Trinajstić information content (AvgIpc) is 3.53. The predicted molar refractivity (Wildman–Crippen MR) is 123 cm³/mol. The van der Waals surface area contributed by atoms with Gasteiger partial charge in [-0.2, -0.15) is 5.10 Å². The Labute approximate surface area is 188 Å². The van der Waals surface area contributed by atoms with Crippen LogP contribution in [0.2, 0.25) is 0 Å². The Bertz CT molecular complexity index is 1270. The van der Waals surface area contributed by atoms with E-state index in [1.165, 1.54) is 0 Å². The van der Waals surface area contributed by atoms with Gasteiger partial charge in [0, 0.05) is 7.05 Å². The highest BCUT2D eigenvalue weighted by Gasteiger charge is 2.35. The smallest absolute Gasteiger partial charge is 0.277 e. The van der Waals surface area contributed by atoms with Gasteiger partial charge in [0.25, 0.3) is 11.8 Å². The molecule has 1 aliphatic heterocycles. The van der Waals surface area contributed by atoms with Gasteiger partial charge in [0.1, 0.15) is 17.1 Å². The van der Waals surface area contributed by atoms with Crippen molar-refractivity contribution in [2.45, 2.75) is 6.10 Å². The van der Waals surface area contributed by atoms with Crippen LogP contribution < -0.4 is 15.0 Å². The Morgan fingerprint density at radius 1 is 1.06 bits per heavy atom. The molecule has 32 heavy (non-hydrogen) atoms. The first-order valence-electron chi connectivity index (χ1n) is 10.1. The largest absolute Gasteiger partial charge is 0.477 e. The summed E-state index contributed by atoms with van der Waals surface area (Å²) < 4.78 is 7.51. The molecule has 160 valence electrons. The zero-order chi connectivity index (χ0) is 22.1. The first-order valence-corrected chi connectivity index (χ1v) is 11.0. The molecule has 0 unspecified atom stereocenters. The number of anilines is 1. The van der Waals surface area contributed by atoms with Crippen LogP contribution in [-0.2, 0) is 4.79 Å². The number of thiophene rings is 1. The summed E-state index contributed by atoms with van der Waals surface area (Å²) in [6.07, 6.45) is -0.802. The summed E-state index contributed by atoms with van der Waals surface area (Å²) in [5.74, 6) is -0.0492. The van der Waals surface area contributed by atoms with E-state index < -0.39 is 6.10 Å². The molecule has 0 saturated carbocycles. The van der Waals surface area contributed by atoms with E-state index in [1.807, 2.05) is 66.0 Å². The number of amides is 2. The SMILES string of the molecule is CNC(=O)[C@H]1CN(C(=O)c2cc(-c3cccs3)nn2-c2ccccc2)c2ccccc2O1. The minimum atomic E-state index is -0.802. The molecule has 4 aromatic rings. The zero-order valence-electron chi connectivity index (χ0n) is 17.3. The second-order valence-electron chi connectivity index (χ2n) is 7.24. The van der Waals surface area contributed by atoms with Crippen LogP contribution in [0.25, 0.3) is 16.3 Å². The number of nitrogens with zero attached hydrogens (tertiary/aromatic N) is 3. The molecule has 1 atom stereocenters. The number of fused-ring (bicyclic) bond motifs is 1. The normalized spacial score (nSPS) is 15.0. The highest BCUT2D eigenvalue weighted by molar-refractivity contribution is 7.13. The van der Waals surface area contributed by atoms with E-state index in [-0.39, 0.29) is 18.4 Å². The van der Waals surface area contributed by atoms with E-state index in [0.717, 1.165) is 16.3 Å². The number of likely N-dealkylation sites (N-methyl/N-ethyl adjacent to an activating group) is 1. The number of para-hydroxylation sites is 3. The van der Waals surface area contributed by atoms with E-state index >= 15 is 0 Å². The van der Waals surface area contributed by atoms with Crippen LogP contribution in [-0.4, -0.2) is 41.3 Å². The summed E-state index contributed by atoms with van der Waals surface area (Å²) in [4.78, 5) is 28.8. The quantitative estimate of drug-likeness (QED) is 0.520. The van der Waals surface area contributed by atoms with Gasteiger partial charge in [0.05, 0.1) is 22.8 Å². The third-order valence-electron chi connectivity index (χ3n) is 5.26. The van der Waals surface area contributed by atoms with Crippen LogP contribution >= 0.6 is 11.3 Å². The number of nitrogens with one attached hydrogen (secondary N) is 1. The second-order valence-corrected chi connectivity index (χ2v) is 8.19. The van der Waals surface area contributed by atoms with Gasteiger partial charge in [-0.25, -0.2) is 4.68 Å². The van der Waals surface area contributed by atoms with Gasteiger partial charge in [-0.05, 0) is 41.8 Å². The summed E-state index contributed by atoms with van der Waals surface area (Å²) in [6, 6.07) is 22.5. The first kappa shape index (κ1) is 20.0. The minimum Gasteiger partial charge on any atom is -0.477 e. The van der Waals surface area contributed by atoms with E-state index in [0.29, 0.717) is 17.1 Å². The molecular formula is C24H20N4O3S. The number of rotatable bonds is 4. The second kappa shape index (κ2) is 8.32. The molecular weight excluding hydrogens is 424 g/mol. The average molecular weight is 445 g/mol. The molecule has 2 aromatic heterocycles. The van der Waals surface area contributed by atoms with E-state index in [9.17, 15) is 9.59 Å². The van der Waals surface area contributed by atoms with Crippen molar-refractivity contribution in [2.24, 2.45) is 0 Å². The van der Waals surface area contributed by atoms with Gasteiger partial charge in [-0.1, -0.05) is 36.4 Å². The third kappa shape index (κ3) is 3.54. The highest BCUT2D eigenvalue weighted by Crippen LogP contribution is 2.35. The summed E-state index contributed by atoms with van der Waals surface area (Å²) in [7, 11) is 1.55. The number of benzene rings is 2. The van der Waals surface area contributed by atoms with Crippen molar-refractivity contribution < 1.29 is 14.3 Å². The highest BCUT2D eigenvalue weighted by atomic mass is 32.1. The van der Waals surface area contributed by atoms with E-state index in [4.69, 9.17) is 9.84 Å². The lowest BCUT2D eigenvalue weighted by molar-refractivity contribution is -0.127. The molecule has 0 spiro atoms. The lowest BCUT2D eigenvalue weighted by Crippen LogP contribution is -2.50. The Balaban J connectivity index is 1.61. The number of hydrogen-bond donors (Lipinski definition) is 1. The molecule has 0 radical (unpaired) electrons. The molecule has 0 saturated heterocycles. The van der Waals surface area contributed by atoms with Gasteiger partial charge in [0.2, 0.25) is 0 Å². The Morgan fingerprint density at radius 2 is 1.84 bits per heavy atom. The molecule has 3 heterocycles. The third-order valence-corrected chi connectivity index (χ3v) is 6.15. The maximum Gasteiger partial charge on any atom is 0.277 e. The lowest BCUT2D eigenvalue weighted by Gasteiger charge is -2.34. The van der Waals surface area contributed by atoms with Crippen molar-refractivity contribution in [2.75, 3.05) is 18.5 Å². The van der Waals surface area contributed by atoms with E-state index in [2.05, 4.69) is 5.32 Å². The summed E-state index contributed by atoms with van der Waals surface area (Å²) >= 11 is 1.56. The topological polar surface area (TPSA) is 76.5 Å². The summed E-state index contributed by atoms with van der Waals surface area (Å²) in [6.45, 7) is 0.101. The van der Waals surface area contributed by atoms with Crippen LogP contribution in [0, 0.1) is 0 Å². The standard InChI is InChI=1S/C24H20N4O3S/c1-25-23(29)21-15-27(18-10-5-6-11-20(18)31-21)24(30)19-14-17(22-12-7-13-32-22)26-28(19)16-8-3-2-4-9-16/h2-14,21H,15H2,1H3,(H,25,29)/t21-/m1/s1. The van der Waals surface area contributed by atoms with Crippen LogP contribution in [0.5, 0.6) is 5.75 Å². The molecule has 0 bridgehead atoms. The predicted octanol–water partition coefficient (Wildman–Crippen LogP) is 3.75. The molecule has 7 nitrogen and oxygen atoms in total. The number of carbonyl (C=O) groups excluding carboxylic acids is 2. The Morgan fingerprint density at radius 3 is 2.59 bits per heavy atom. The monoisotopic (exact) mass is 444 g/mol. The van der Waals surface area contributed by atoms with Crippen LogP contribution in [0.4, 0.5) is 5.69 Å². The molecule has 2 aromatic carbocycles. The molecule has 0 aliphatic carbocycles. The maximum absolute atomic E-state index is 13.9. The molecule has 5 rings (SSSR count). The molecule has 1 aliphatic rings. The Kier molecular flexibility index (Phi) is 5.20. The fraction of sp³-hybridized carbons (Fsp3) is 0.125. The number of ether oxygens (including phenoxy) is 1. The maximum atomic E-state index is 13.9. The number of hydrogen-bond acceptors (Lipinski definition) is 5. The molecule has 2 amide bonds.